The Kier molecular flexibility index (Phi) is 4.29. The highest BCUT2D eigenvalue weighted by Gasteiger charge is 2.27. The van der Waals surface area contributed by atoms with Gasteiger partial charge in [0.25, 0.3) is 0 Å². The van der Waals surface area contributed by atoms with Crippen molar-refractivity contribution in [2.75, 3.05) is 25.9 Å². The molecule has 2 nitrogen and oxygen atoms in total. The highest BCUT2D eigenvalue weighted by Crippen LogP contribution is 2.24. The standard InChI is InChI=1S/C11H24N2S/c1-9-7-13(10(2)6-12-9)8-11(3,4)14-5/h9-10,12H,6-8H2,1-5H3. The maximum absolute atomic E-state index is 3.52. The van der Waals surface area contributed by atoms with E-state index in [1.807, 2.05) is 11.8 Å². The predicted molar refractivity (Wildman–Crippen MR) is 66.1 cm³/mol. The largest absolute Gasteiger partial charge is 0.311 e. The van der Waals surface area contributed by atoms with Crippen molar-refractivity contribution in [1.82, 2.24) is 10.2 Å². The van der Waals surface area contributed by atoms with Crippen LogP contribution in [0.2, 0.25) is 0 Å². The van der Waals surface area contributed by atoms with Crippen LogP contribution < -0.4 is 5.32 Å². The smallest absolute Gasteiger partial charge is 0.0228 e. The molecule has 0 spiro atoms. The number of piperazine rings is 1. The third kappa shape index (κ3) is 3.44. The Balaban J connectivity index is 2.49. The zero-order valence-electron chi connectivity index (χ0n) is 10.1. The lowest BCUT2D eigenvalue weighted by atomic mass is 10.1. The van der Waals surface area contributed by atoms with E-state index in [2.05, 4.69) is 44.2 Å². The normalized spacial score (nSPS) is 30.6. The number of nitrogens with one attached hydrogen (secondary N) is 1. The minimum absolute atomic E-state index is 0.380. The second-order valence-electron chi connectivity index (χ2n) is 5.05. The monoisotopic (exact) mass is 216 g/mol. The van der Waals surface area contributed by atoms with E-state index in [0.717, 1.165) is 6.54 Å². The van der Waals surface area contributed by atoms with Gasteiger partial charge in [-0.1, -0.05) is 0 Å². The van der Waals surface area contributed by atoms with E-state index < -0.39 is 0 Å². The van der Waals surface area contributed by atoms with Crippen molar-refractivity contribution >= 4 is 11.8 Å². The molecule has 2 unspecified atom stereocenters. The molecule has 2 atom stereocenters. The minimum Gasteiger partial charge on any atom is -0.311 e. The maximum atomic E-state index is 3.52. The van der Waals surface area contributed by atoms with Crippen molar-refractivity contribution in [1.29, 1.82) is 0 Å². The fraction of sp³-hybridized carbons (Fsp3) is 1.00. The quantitative estimate of drug-likeness (QED) is 0.774. The summed E-state index contributed by atoms with van der Waals surface area (Å²) in [5.41, 5.74) is 0. The van der Waals surface area contributed by atoms with E-state index in [0.29, 0.717) is 16.8 Å². The van der Waals surface area contributed by atoms with Gasteiger partial charge in [0, 0.05) is 36.5 Å². The van der Waals surface area contributed by atoms with Crippen molar-refractivity contribution in [3.8, 4) is 0 Å². The predicted octanol–water partition coefficient (Wildman–Crippen LogP) is 1.81. The molecule has 1 aliphatic rings. The summed E-state index contributed by atoms with van der Waals surface area (Å²) in [5.74, 6) is 0. The Labute approximate surface area is 92.8 Å². The fourth-order valence-corrected chi connectivity index (χ4v) is 2.17. The van der Waals surface area contributed by atoms with Crippen molar-refractivity contribution < 1.29 is 0 Å². The molecular weight excluding hydrogens is 192 g/mol. The van der Waals surface area contributed by atoms with Gasteiger partial charge < -0.3 is 5.32 Å². The third-order valence-corrected chi connectivity index (χ3v) is 4.26. The van der Waals surface area contributed by atoms with Crippen LogP contribution >= 0.6 is 11.8 Å². The van der Waals surface area contributed by atoms with Crippen LogP contribution in [0.3, 0.4) is 0 Å². The number of hydrogen-bond donors (Lipinski definition) is 1. The minimum atomic E-state index is 0.380. The number of thioether (sulfide) groups is 1. The molecule has 84 valence electrons. The molecule has 0 bridgehead atoms. The molecule has 0 amide bonds. The molecule has 1 heterocycles. The van der Waals surface area contributed by atoms with Crippen molar-refractivity contribution in [2.45, 2.75) is 44.5 Å². The second kappa shape index (κ2) is 4.86. The molecule has 0 aromatic heterocycles. The average Bonchev–Trinajstić information content (AvgIpc) is 2.11. The van der Waals surface area contributed by atoms with Gasteiger partial charge in [0.05, 0.1) is 0 Å². The van der Waals surface area contributed by atoms with E-state index in [1.54, 1.807) is 0 Å². The number of nitrogens with zero attached hydrogens (tertiary/aromatic N) is 1. The molecule has 0 radical (unpaired) electrons. The summed E-state index contributed by atoms with van der Waals surface area (Å²) >= 11 is 1.96. The summed E-state index contributed by atoms with van der Waals surface area (Å²) in [5, 5.41) is 3.52. The van der Waals surface area contributed by atoms with Gasteiger partial charge in [-0.25, -0.2) is 0 Å². The van der Waals surface area contributed by atoms with Gasteiger partial charge in [-0.3, -0.25) is 4.90 Å². The van der Waals surface area contributed by atoms with Crippen LogP contribution in [0, 0.1) is 0 Å². The van der Waals surface area contributed by atoms with E-state index in [1.165, 1.54) is 13.1 Å². The Morgan fingerprint density at radius 3 is 2.64 bits per heavy atom. The summed E-state index contributed by atoms with van der Waals surface area (Å²) in [7, 11) is 0. The molecule has 0 aromatic rings. The van der Waals surface area contributed by atoms with Crippen LogP contribution in [0.1, 0.15) is 27.7 Å². The maximum Gasteiger partial charge on any atom is 0.0228 e. The highest BCUT2D eigenvalue weighted by molar-refractivity contribution is 7.99. The summed E-state index contributed by atoms with van der Waals surface area (Å²) < 4.78 is 0.380. The number of hydrogen-bond acceptors (Lipinski definition) is 3. The molecule has 0 aromatic carbocycles. The van der Waals surface area contributed by atoms with Crippen LogP contribution in [0.4, 0.5) is 0 Å². The van der Waals surface area contributed by atoms with Gasteiger partial charge in [0.2, 0.25) is 0 Å². The average molecular weight is 216 g/mol. The van der Waals surface area contributed by atoms with Gasteiger partial charge in [-0.15, -0.1) is 0 Å². The summed E-state index contributed by atoms with van der Waals surface area (Å²) in [6.07, 6.45) is 2.20. The summed E-state index contributed by atoms with van der Waals surface area (Å²) in [4.78, 5) is 2.61. The lowest BCUT2D eigenvalue weighted by molar-refractivity contribution is 0.137. The Bertz CT molecular complexity index is 182. The topological polar surface area (TPSA) is 15.3 Å². The molecule has 0 saturated carbocycles. The molecule has 1 aliphatic heterocycles. The first-order valence-corrected chi connectivity index (χ1v) is 6.69. The summed E-state index contributed by atoms with van der Waals surface area (Å²) in [6.45, 7) is 12.8. The first kappa shape index (κ1) is 12.3. The third-order valence-electron chi connectivity index (χ3n) is 3.03. The zero-order chi connectivity index (χ0) is 10.8. The molecule has 0 aliphatic carbocycles. The van der Waals surface area contributed by atoms with Gasteiger partial charge >= 0.3 is 0 Å². The van der Waals surface area contributed by atoms with E-state index in [9.17, 15) is 0 Å². The fourth-order valence-electron chi connectivity index (χ4n) is 1.87. The van der Waals surface area contributed by atoms with Crippen molar-refractivity contribution in [3.05, 3.63) is 0 Å². The van der Waals surface area contributed by atoms with Crippen LogP contribution in [-0.4, -0.2) is 47.6 Å². The summed E-state index contributed by atoms with van der Waals surface area (Å²) in [6, 6.07) is 1.32. The molecule has 1 N–H and O–H groups in total. The first-order valence-electron chi connectivity index (χ1n) is 5.47. The number of rotatable bonds is 3. The highest BCUT2D eigenvalue weighted by atomic mass is 32.2. The molecule has 14 heavy (non-hydrogen) atoms. The van der Waals surface area contributed by atoms with E-state index >= 15 is 0 Å². The van der Waals surface area contributed by atoms with Crippen molar-refractivity contribution in [3.63, 3.8) is 0 Å². The van der Waals surface area contributed by atoms with E-state index in [4.69, 9.17) is 0 Å². The SMILES string of the molecule is CSC(C)(C)CN1CC(C)NCC1C. The Morgan fingerprint density at radius 1 is 1.43 bits per heavy atom. The van der Waals surface area contributed by atoms with Crippen LogP contribution in [0.5, 0.6) is 0 Å². The van der Waals surface area contributed by atoms with Crippen LogP contribution in [0.15, 0.2) is 0 Å². The Morgan fingerprint density at radius 2 is 2.07 bits per heavy atom. The molecule has 1 fully saturated rings. The first-order chi connectivity index (χ1) is 6.44. The zero-order valence-corrected chi connectivity index (χ0v) is 10.9. The van der Waals surface area contributed by atoms with Crippen LogP contribution in [-0.2, 0) is 0 Å². The molecule has 1 saturated heterocycles. The van der Waals surface area contributed by atoms with Gasteiger partial charge in [-0.05, 0) is 34.0 Å². The second-order valence-corrected chi connectivity index (χ2v) is 6.56. The van der Waals surface area contributed by atoms with Crippen molar-refractivity contribution in [2.24, 2.45) is 0 Å². The lowest BCUT2D eigenvalue weighted by Gasteiger charge is -2.41. The van der Waals surface area contributed by atoms with Crippen LogP contribution in [0.25, 0.3) is 0 Å². The lowest BCUT2D eigenvalue weighted by Crippen LogP contribution is -2.56. The molecule has 1 rings (SSSR count). The van der Waals surface area contributed by atoms with E-state index in [-0.39, 0.29) is 0 Å². The van der Waals surface area contributed by atoms with Gasteiger partial charge in [-0.2, -0.15) is 11.8 Å². The van der Waals surface area contributed by atoms with Gasteiger partial charge in [0.15, 0.2) is 0 Å². The Hall–Kier alpha value is 0.270. The molecule has 3 heteroatoms. The van der Waals surface area contributed by atoms with Gasteiger partial charge in [0.1, 0.15) is 0 Å². The molecular formula is C11H24N2S.